The third kappa shape index (κ3) is 2.44. The maximum Gasteiger partial charge on any atom is 0.153 e. The van der Waals surface area contributed by atoms with Gasteiger partial charge in [0.15, 0.2) is 5.82 Å². The topological polar surface area (TPSA) is 44.0 Å². The number of nitrogens with zero attached hydrogens (tertiary/aromatic N) is 2. The van der Waals surface area contributed by atoms with Crippen LogP contribution in [0.2, 0.25) is 0 Å². The Morgan fingerprint density at radius 3 is 2.71 bits per heavy atom. The van der Waals surface area contributed by atoms with Gasteiger partial charge in [-0.15, -0.1) is 0 Å². The Labute approximate surface area is 125 Å². The Balaban J connectivity index is 1.60. The number of hydrogen-bond acceptors (Lipinski definition) is 3. The summed E-state index contributed by atoms with van der Waals surface area (Å²) in [7, 11) is 0. The van der Waals surface area contributed by atoms with E-state index in [0.717, 1.165) is 39.0 Å². The second kappa shape index (κ2) is 5.53. The van der Waals surface area contributed by atoms with Crippen molar-refractivity contribution in [3.05, 3.63) is 47.2 Å². The average molecular weight is 282 g/mol. The van der Waals surface area contributed by atoms with Crippen molar-refractivity contribution in [1.82, 2.24) is 15.5 Å². The zero-order chi connectivity index (χ0) is 14.1. The lowest BCUT2D eigenvalue weighted by molar-refractivity contribution is 0.567. The first-order valence-corrected chi connectivity index (χ1v) is 7.98. The summed E-state index contributed by atoms with van der Waals surface area (Å²) in [5, 5.41) is 11.3. The van der Waals surface area contributed by atoms with Gasteiger partial charge in [-0.2, -0.15) is 5.10 Å². The van der Waals surface area contributed by atoms with Crippen LogP contribution in [0.25, 0.3) is 0 Å². The highest BCUT2D eigenvalue weighted by molar-refractivity contribution is 5.51. The van der Waals surface area contributed by atoms with Gasteiger partial charge in [-0.3, -0.25) is 5.10 Å². The Kier molecular flexibility index (Phi) is 3.39. The maximum atomic E-state index is 4.62. The molecule has 4 rings (SSSR count). The van der Waals surface area contributed by atoms with Crippen molar-refractivity contribution in [1.29, 1.82) is 0 Å². The van der Waals surface area contributed by atoms with Gasteiger partial charge in [0.25, 0.3) is 0 Å². The lowest BCUT2D eigenvalue weighted by atomic mass is 9.82. The van der Waals surface area contributed by atoms with E-state index in [1.165, 1.54) is 29.1 Å². The minimum Gasteiger partial charge on any atom is -0.352 e. The van der Waals surface area contributed by atoms with Crippen molar-refractivity contribution in [2.75, 3.05) is 31.1 Å². The van der Waals surface area contributed by atoms with Crippen LogP contribution in [0.1, 0.15) is 29.2 Å². The van der Waals surface area contributed by atoms with Crippen LogP contribution in [0.5, 0.6) is 0 Å². The number of benzene rings is 1. The molecule has 0 bridgehead atoms. The molecule has 4 nitrogen and oxygen atoms in total. The number of anilines is 1. The first-order valence-electron chi connectivity index (χ1n) is 7.98. The van der Waals surface area contributed by atoms with Gasteiger partial charge in [-0.05, 0) is 30.7 Å². The normalized spacial score (nSPS) is 22.1. The molecule has 0 spiro atoms. The molecule has 1 atom stereocenters. The molecule has 1 aromatic carbocycles. The van der Waals surface area contributed by atoms with Crippen LogP contribution in [0.3, 0.4) is 0 Å². The molecular weight excluding hydrogens is 260 g/mol. The number of nitrogens with one attached hydrogen (secondary N) is 2. The van der Waals surface area contributed by atoms with Crippen molar-refractivity contribution >= 4 is 5.82 Å². The SMILES string of the molecule is c1ccc(C2CCc3[nH]nc(N4CCNCC4)c3C2)cc1. The molecule has 1 aromatic heterocycles. The van der Waals surface area contributed by atoms with E-state index in [1.807, 2.05) is 0 Å². The Bertz CT molecular complexity index is 599. The van der Waals surface area contributed by atoms with Gasteiger partial charge in [0.2, 0.25) is 0 Å². The molecule has 0 amide bonds. The van der Waals surface area contributed by atoms with E-state index < -0.39 is 0 Å². The van der Waals surface area contributed by atoms with Gasteiger partial charge < -0.3 is 10.2 Å². The number of rotatable bonds is 2. The maximum absolute atomic E-state index is 4.62. The van der Waals surface area contributed by atoms with E-state index in [2.05, 4.69) is 50.7 Å². The van der Waals surface area contributed by atoms with Crippen LogP contribution < -0.4 is 10.2 Å². The van der Waals surface area contributed by atoms with Gasteiger partial charge in [-0.25, -0.2) is 0 Å². The summed E-state index contributed by atoms with van der Waals surface area (Å²) in [5.74, 6) is 1.84. The molecular formula is C17H22N4. The molecule has 2 aromatic rings. The highest BCUT2D eigenvalue weighted by atomic mass is 15.3. The van der Waals surface area contributed by atoms with Crippen molar-refractivity contribution < 1.29 is 0 Å². The van der Waals surface area contributed by atoms with Crippen molar-refractivity contribution in [3.63, 3.8) is 0 Å². The molecule has 1 saturated heterocycles. The molecule has 0 radical (unpaired) electrons. The van der Waals surface area contributed by atoms with Crippen LogP contribution in [-0.2, 0) is 12.8 Å². The smallest absolute Gasteiger partial charge is 0.153 e. The standard InChI is InChI=1S/C17H22N4/c1-2-4-13(5-3-1)14-6-7-16-15(12-14)17(20-19-16)21-10-8-18-9-11-21/h1-5,14,18H,6-12H2,(H,19,20). The summed E-state index contributed by atoms with van der Waals surface area (Å²) in [6, 6.07) is 10.9. The van der Waals surface area contributed by atoms with E-state index in [0.29, 0.717) is 5.92 Å². The summed E-state index contributed by atoms with van der Waals surface area (Å²) in [6.07, 6.45) is 3.46. The molecule has 1 fully saturated rings. The monoisotopic (exact) mass is 282 g/mol. The van der Waals surface area contributed by atoms with E-state index in [4.69, 9.17) is 0 Å². The summed E-state index contributed by atoms with van der Waals surface area (Å²) >= 11 is 0. The number of fused-ring (bicyclic) bond motifs is 1. The number of aryl methyl sites for hydroxylation is 1. The fraction of sp³-hybridized carbons (Fsp3) is 0.471. The van der Waals surface area contributed by atoms with Gasteiger partial charge in [-0.1, -0.05) is 30.3 Å². The van der Waals surface area contributed by atoms with E-state index >= 15 is 0 Å². The second-order valence-corrected chi connectivity index (χ2v) is 6.09. The molecule has 2 aliphatic rings. The molecule has 2 N–H and O–H groups in total. The lowest BCUT2D eigenvalue weighted by Crippen LogP contribution is -2.44. The summed E-state index contributed by atoms with van der Waals surface area (Å²) in [4.78, 5) is 2.43. The average Bonchev–Trinajstić information content (AvgIpc) is 2.99. The Hall–Kier alpha value is -1.81. The van der Waals surface area contributed by atoms with Gasteiger partial charge >= 0.3 is 0 Å². The number of piperazine rings is 1. The number of H-pyrrole nitrogens is 1. The van der Waals surface area contributed by atoms with Crippen LogP contribution >= 0.6 is 0 Å². The molecule has 0 saturated carbocycles. The number of aromatic nitrogens is 2. The van der Waals surface area contributed by atoms with E-state index in [9.17, 15) is 0 Å². The van der Waals surface area contributed by atoms with Crippen molar-refractivity contribution in [3.8, 4) is 0 Å². The lowest BCUT2D eigenvalue weighted by Gasteiger charge is -2.30. The van der Waals surface area contributed by atoms with Crippen LogP contribution in [0.15, 0.2) is 30.3 Å². The summed E-state index contributed by atoms with van der Waals surface area (Å²) < 4.78 is 0. The summed E-state index contributed by atoms with van der Waals surface area (Å²) in [5.41, 5.74) is 4.28. The Morgan fingerprint density at radius 1 is 1.10 bits per heavy atom. The second-order valence-electron chi connectivity index (χ2n) is 6.09. The number of hydrogen-bond donors (Lipinski definition) is 2. The molecule has 2 heterocycles. The minimum atomic E-state index is 0.637. The predicted octanol–water partition coefficient (Wildman–Crippen LogP) is 2.09. The van der Waals surface area contributed by atoms with Gasteiger partial charge in [0, 0.05) is 37.4 Å². The third-order valence-electron chi connectivity index (χ3n) is 4.81. The van der Waals surface area contributed by atoms with E-state index in [-0.39, 0.29) is 0 Å². The van der Waals surface area contributed by atoms with E-state index in [1.54, 1.807) is 0 Å². The molecule has 1 unspecified atom stereocenters. The van der Waals surface area contributed by atoms with Crippen molar-refractivity contribution in [2.45, 2.75) is 25.2 Å². The predicted molar refractivity (Wildman–Crippen MR) is 84.9 cm³/mol. The highest BCUT2D eigenvalue weighted by Crippen LogP contribution is 2.36. The molecule has 21 heavy (non-hydrogen) atoms. The van der Waals surface area contributed by atoms with Gasteiger partial charge in [0.05, 0.1) is 0 Å². The zero-order valence-electron chi connectivity index (χ0n) is 12.3. The molecule has 1 aliphatic carbocycles. The number of aromatic amines is 1. The third-order valence-corrected chi connectivity index (χ3v) is 4.81. The minimum absolute atomic E-state index is 0.637. The fourth-order valence-electron chi connectivity index (χ4n) is 3.63. The molecule has 110 valence electrons. The first kappa shape index (κ1) is 12.9. The van der Waals surface area contributed by atoms with Crippen LogP contribution in [0.4, 0.5) is 5.82 Å². The van der Waals surface area contributed by atoms with Crippen molar-refractivity contribution in [2.24, 2.45) is 0 Å². The van der Waals surface area contributed by atoms with Gasteiger partial charge in [0.1, 0.15) is 0 Å². The largest absolute Gasteiger partial charge is 0.352 e. The summed E-state index contributed by atoms with van der Waals surface area (Å²) in [6.45, 7) is 4.24. The fourth-order valence-corrected chi connectivity index (χ4v) is 3.63. The molecule has 4 heteroatoms. The van der Waals surface area contributed by atoms with Crippen LogP contribution in [0, 0.1) is 0 Å². The quantitative estimate of drug-likeness (QED) is 0.886. The Morgan fingerprint density at radius 2 is 1.90 bits per heavy atom. The first-order chi connectivity index (χ1) is 10.4. The molecule has 1 aliphatic heterocycles. The zero-order valence-corrected chi connectivity index (χ0v) is 12.3. The van der Waals surface area contributed by atoms with Crippen LogP contribution in [-0.4, -0.2) is 36.4 Å². The highest BCUT2D eigenvalue weighted by Gasteiger charge is 2.27.